The summed E-state index contributed by atoms with van der Waals surface area (Å²) >= 11 is 1.88. The van der Waals surface area contributed by atoms with E-state index in [1.165, 1.54) is 58.3 Å². The van der Waals surface area contributed by atoms with Gasteiger partial charge in [-0.25, -0.2) is 9.97 Å². The summed E-state index contributed by atoms with van der Waals surface area (Å²) in [7, 11) is 0. The summed E-state index contributed by atoms with van der Waals surface area (Å²) in [6, 6.07) is 74.1. The van der Waals surface area contributed by atoms with E-state index in [1.807, 2.05) is 11.3 Å². The number of imidazole rings is 1. The average Bonchev–Trinajstić information content (AvgIpc) is 4.02. The molecule has 0 saturated heterocycles. The molecule has 0 atom stereocenters. The molecule has 0 fully saturated rings. The van der Waals surface area contributed by atoms with Crippen molar-refractivity contribution in [3.63, 3.8) is 0 Å². The van der Waals surface area contributed by atoms with E-state index in [4.69, 9.17) is 9.97 Å². The number of hydrogen-bond donors (Lipinski definition) is 0. The molecule has 4 aromatic heterocycles. The van der Waals surface area contributed by atoms with Gasteiger partial charge in [0.15, 0.2) is 0 Å². The maximum absolute atomic E-state index is 5.53. The Morgan fingerprint density at radius 2 is 0.951 bits per heavy atom. The van der Waals surface area contributed by atoms with Gasteiger partial charge in [0.1, 0.15) is 5.82 Å². The highest BCUT2D eigenvalue weighted by atomic mass is 32.1. The summed E-state index contributed by atoms with van der Waals surface area (Å²) in [4.78, 5) is 10.7. The van der Waals surface area contributed by atoms with Gasteiger partial charge in [0.2, 0.25) is 0 Å². The first-order chi connectivity index (χ1) is 30.3. The second kappa shape index (κ2) is 13.3. The predicted octanol–water partition coefficient (Wildman–Crippen LogP) is 15.2. The van der Waals surface area contributed by atoms with Crippen molar-refractivity contribution in [3.8, 4) is 45.1 Å². The maximum atomic E-state index is 5.53. The first-order valence-corrected chi connectivity index (χ1v) is 21.5. The number of para-hydroxylation sites is 6. The fourth-order valence-electron chi connectivity index (χ4n) is 9.60. The van der Waals surface area contributed by atoms with Crippen molar-refractivity contribution in [2.24, 2.45) is 0 Å². The van der Waals surface area contributed by atoms with E-state index >= 15 is 0 Å². The number of nitrogens with zero attached hydrogens (tertiary/aromatic N) is 4. The van der Waals surface area contributed by atoms with Crippen molar-refractivity contribution in [2.75, 3.05) is 0 Å². The van der Waals surface area contributed by atoms with Gasteiger partial charge in [0, 0.05) is 75.2 Å². The van der Waals surface area contributed by atoms with Crippen molar-refractivity contribution in [3.05, 3.63) is 206 Å². The van der Waals surface area contributed by atoms with Crippen LogP contribution in [0.15, 0.2) is 206 Å². The number of hydrogen-bond acceptors (Lipinski definition) is 3. The fraction of sp³-hybridized carbons (Fsp3) is 0. The Labute approximate surface area is 354 Å². The van der Waals surface area contributed by atoms with Crippen LogP contribution in [-0.2, 0) is 0 Å². The van der Waals surface area contributed by atoms with Crippen LogP contribution in [-0.4, -0.2) is 19.1 Å². The van der Waals surface area contributed by atoms with Gasteiger partial charge < -0.3 is 4.57 Å². The minimum Gasteiger partial charge on any atom is -0.309 e. The first kappa shape index (κ1) is 34.0. The van der Waals surface area contributed by atoms with Crippen molar-refractivity contribution >= 4 is 86.0 Å². The van der Waals surface area contributed by atoms with Crippen molar-refractivity contribution in [1.82, 2.24) is 19.1 Å². The van der Waals surface area contributed by atoms with Gasteiger partial charge in [-0.05, 0) is 78.4 Å². The molecule has 0 N–H and O–H groups in total. The number of fused-ring (bicyclic) bond motifs is 11. The fourth-order valence-corrected chi connectivity index (χ4v) is 10.8. The summed E-state index contributed by atoms with van der Waals surface area (Å²) < 4.78 is 7.19. The lowest BCUT2D eigenvalue weighted by Gasteiger charge is -2.15. The second-order valence-electron chi connectivity index (χ2n) is 15.7. The lowest BCUT2D eigenvalue weighted by atomic mass is 9.91. The maximum Gasteiger partial charge on any atom is 0.145 e. The van der Waals surface area contributed by atoms with E-state index in [-0.39, 0.29) is 0 Å². The largest absolute Gasteiger partial charge is 0.309 e. The van der Waals surface area contributed by atoms with Gasteiger partial charge in [-0.1, -0.05) is 133 Å². The van der Waals surface area contributed by atoms with E-state index < -0.39 is 0 Å². The molecule has 0 aliphatic heterocycles. The number of benzene rings is 9. The van der Waals surface area contributed by atoms with E-state index in [0.717, 1.165) is 61.5 Å². The minimum absolute atomic E-state index is 0.923. The van der Waals surface area contributed by atoms with Crippen LogP contribution in [0.25, 0.3) is 120 Å². The Hall–Kier alpha value is -7.86. The first-order valence-electron chi connectivity index (χ1n) is 20.7. The quantitative estimate of drug-likeness (QED) is 0.163. The zero-order chi connectivity index (χ0) is 40.0. The van der Waals surface area contributed by atoms with E-state index in [2.05, 4.69) is 215 Å². The van der Waals surface area contributed by atoms with Crippen molar-refractivity contribution < 1.29 is 0 Å². The molecule has 13 rings (SSSR count). The van der Waals surface area contributed by atoms with Gasteiger partial charge in [-0.15, -0.1) is 11.3 Å². The lowest BCUT2D eigenvalue weighted by molar-refractivity contribution is 1.10. The van der Waals surface area contributed by atoms with Crippen molar-refractivity contribution in [1.29, 1.82) is 0 Å². The molecule has 9 aromatic carbocycles. The molecule has 0 aliphatic rings. The summed E-state index contributed by atoms with van der Waals surface area (Å²) in [5.41, 5.74) is 13.2. The number of aromatic nitrogens is 4. The second-order valence-corrected chi connectivity index (χ2v) is 16.8. The highest BCUT2D eigenvalue weighted by Crippen LogP contribution is 2.48. The minimum atomic E-state index is 0.923. The molecule has 61 heavy (non-hydrogen) atoms. The van der Waals surface area contributed by atoms with E-state index in [9.17, 15) is 0 Å². The van der Waals surface area contributed by atoms with Crippen molar-refractivity contribution in [2.45, 2.75) is 0 Å². The molecule has 5 heteroatoms. The Morgan fingerprint density at radius 1 is 0.361 bits per heavy atom. The molecule has 0 aliphatic carbocycles. The van der Waals surface area contributed by atoms with Gasteiger partial charge in [0.25, 0.3) is 0 Å². The molecule has 0 radical (unpaired) electrons. The zero-order valence-electron chi connectivity index (χ0n) is 32.8. The monoisotopic (exact) mass is 794 g/mol. The van der Waals surface area contributed by atoms with Gasteiger partial charge in [-0.2, -0.15) is 0 Å². The van der Waals surface area contributed by atoms with Crippen LogP contribution >= 0.6 is 11.3 Å². The Bertz CT molecular complexity index is 3860. The molecule has 4 heterocycles. The normalized spacial score (nSPS) is 11.9. The zero-order valence-corrected chi connectivity index (χ0v) is 33.6. The highest BCUT2D eigenvalue weighted by Gasteiger charge is 2.22. The molecule has 0 unspecified atom stereocenters. The smallest absolute Gasteiger partial charge is 0.145 e. The van der Waals surface area contributed by atoms with Gasteiger partial charge in [0.05, 0.1) is 33.3 Å². The third-order valence-electron chi connectivity index (χ3n) is 12.3. The predicted molar refractivity (Wildman–Crippen MR) is 257 cm³/mol. The molecule has 0 amide bonds. The van der Waals surface area contributed by atoms with Crippen LogP contribution in [0.1, 0.15) is 0 Å². The Balaban J connectivity index is 1.07. The van der Waals surface area contributed by atoms with Gasteiger partial charge in [-0.3, -0.25) is 4.57 Å². The highest BCUT2D eigenvalue weighted by molar-refractivity contribution is 7.26. The average molecular weight is 795 g/mol. The summed E-state index contributed by atoms with van der Waals surface area (Å²) in [5, 5.41) is 8.54. The number of pyridine rings is 1. The Kier molecular flexibility index (Phi) is 7.44. The Morgan fingerprint density at radius 3 is 1.74 bits per heavy atom. The van der Waals surface area contributed by atoms with Crippen LogP contribution in [0, 0.1) is 0 Å². The summed E-state index contributed by atoms with van der Waals surface area (Å²) in [5.74, 6) is 0.923. The third-order valence-corrected chi connectivity index (χ3v) is 13.5. The van der Waals surface area contributed by atoms with Crippen LogP contribution in [0.4, 0.5) is 0 Å². The van der Waals surface area contributed by atoms with E-state index in [1.54, 1.807) is 0 Å². The van der Waals surface area contributed by atoms with Crippen LogP contribution in [0.5, 0.6) is 0 Å². The topological polar surface area (TPSA) is 35.6 Å². The molecular formula is C56H34N4S. The number of rotatable bonds is 5. The molecule has 0 saturated carbocycles. The molecule has 13 aromatic rings. The SMILES string of the molecule is c1ccc(-n2c(-c3ccc(-c4cc5c(-c6ccc7c(c6)c6ccccc6n7-c6ccccc6)nc6ccccc6c5c5c4sc4ccccc45)cc3)nc3ccccc32)cc1. The van der Waals surface area contributed by atoms with Gasteiger partial charge >= 0.3 is 0 Å². The molecule has 284 valence electrons. The lowest BCUT2D eigenvalue weighted by Crippen LogP contribution is -1.97. The third kappa shape index (κ3) is 5.18. The molecular weight excluding hydrogens is 761 g/mol. The standard InChI is InChI=1S/C56H34N4S/c1-3-15-38(16-4-1)59-48-24-12-8-19-40(48)44-33-37(31-32-49(44)59)54-45-34-43(55-53(42-21-9-14-26-51(42)61-55)52(45)41-20-7-10-22-46(41)57-54)35-27-29-36(30-28-35)56-58-47-23-11-13-25-50(47)60(56)39-17-5-2-6-18-39/h1-34H. The molecule has 4 nitrogen and oxygen atoms in total. The summed E-state index contributed by atoms with van der Waals surface area (Å²) in [6.45, 7) is 0. The van der Waals surface area contributed by atoms with Crippen LogP contribution < -0.4 is 0 Å². The number of thiophene rings is 1. The summed E-state index contributed by atoms with van der Waals surface area (Å²) in [6.07, 6.45) is 0. The van der Waals surface area contributed by atoms with Crippen LogP contribution in [0.3, 0.4) is 0 Å². The van der Waals surface area contributed by atoms with E-state index in [0.29, 0.717) is 0 Å². The molecule has 0 spiro atoms. The molecule has 0 bridgehead atoms. The van der Waals surface area contributed by atoms with Crippen LogP contribution in [0.2, 0.25) is 0 Å².